The Morgan fingerprint density at radius 2 is 1.83 bits per heavy atom. The molecule has 3 N–H and O–H groups in total. The van der Waals surface area contributed by atoms with Gasteiger partial charge in [0.25, 0.3) is 5.91 Å². The number of carbonyl (C=O) groups excluding carboxylic acids is 2. The van der Waals surface area contributed by atoms with E-state index in [0.29, 0.717) is 12.1 Å². The van der Waals surface area contributed by atoms with Crippen molar-refractivity contribution in [3.05, 3.63) is 35.9 Å². The summed E-state index contributed by atoms with van der Waals surface area (Å²) in [5.41, 5.74) is 0.437. The second-order valence-corrected chi connectivity index (χ2v) is 5.32. The van der Waals surface area contributed by atoms with E-state index in [0.717, 1.165) is 19.3 Å². The molecule has 1 unspecified atom stereocenters. The third-order valence-electron chi connectivity index (χ3n) is 3.38. The maximum atomic E-state index is 12.2. The number of carboxylic acid groups (broad SMARTS) is 1. The monoisotopic (exact) mass is 320 g/mol. The van der Waals surface area contributed by atoms with Crippen molar-refractivity contribution < 1.29 is 19.5 Å². The van der Waals surface area contributed by atoms with Crippen LogP contribution in [0.3, 0.4) is 0 Å². The van der Waals surface area contributed by atoms with Gasteiger partial charge in [-0.15, -0.1) is 0 Å². The molecule has 2 amide bonds. The predicted octanol–water partition coefficient (Wildman–Crippen LogP) is 1.96. The van der Waals surface area contributed by atoms with Crippen molar-refractivity contribution in [1.29, 1.82) is 0 Å². The van der Waals surface area contributed by atoms with Crippen molar-refractivity contribution in [2.24, 2.45) is 0 Å². The van der Waals surface area contributed by atoms with Gasteiger partial charge in [-0.3, -0.25) is 14.4 Å². The molecule has 0 radical (unpaired) electrons. The molecule has 1 aromatic carbocycles. The summed E-state index contributed by atoms with van der Waals surface area (Å²) in [6.45, 7) is 2.59. The molecule has 1 aromatic rings. The van der Waals surface area contributed by atoms with Gasteiger partial charge >= 0.3 is 5.97 Å². The van der Waals surface area contributed by atoms with E-state index in [1.165, 1.54) is 0 Å². The highest BCUT2D eigenvalue weighted by Crippen LogP contribution is 2.03. The van der Waals surface area contributed by atoms with Gasteiger partial charge in [-0.2, -0.15) is 0 Å². The number of carboxylic acids is 1. The Balaban J connectivity index is 2.62. The van der Waals surface area contributed by atoms with E-state index in [4.69, 9.17) is 5.11 Å². The van der Waals surface area contributed by atoms with Gasteiger partial charge in [-0.05, 0) is 25.0 Å². The van der Waals surface area contributed by atoms with E-state index < -0.39 is 12.0 Å². The molecule has 6 heteroatoms. The van der Waals surface area contributed by atoms with Crippen LogP contribution in [0.2, 0.25) is 0 Å². The second kappa shape index (κ2) is 10.4. The number of nitrogens with one attached hydrogen (secondary N) is 2. The lowest BCUT2D eigenvalue weighted by molar-refractivity contribution is -0.137. The first-order valence-electron chi connectivity index (χ1n) is 7.90. The van der Waals surface area contributed by atoms with Crippen molar-refractivity contribution in [2.75, 3.05) is 6.54 Å². The average molecular weight is 320 g/mol. The van der Waals surface area contributed by atoms with Crippen molar-refractivity contribution in [2.45, 2.75) is 45.1 Å². The summed E-state index contributed by atoms with van der Waals surface area (Å²) in [5.74, 6) is -1.72. The number of benzene rings is 1. The average Bonchev–Trinajstić information content (AvgIpc) is 2.55. The molecule has 0 heterocycles. The Bertz CT molecular complexity index is 517. The van der Waals surface area contributed by atoms with E-state index in [1.54, 1.807) is 30.3 Å². The number of amides is 2. The van der Waals surface area contributed by atoms with Crippen molar-refractivity contribution in [1.82, 2.24) is 10.6 Å². The summed E-state index contributed by atoms with van der Waals surface area (Å²) >= 11 is 0. The number of carbonyl (C=O) groups is 3. The number of aliphatic carboxylic acids is 1. The Morgan fingerprint density at radius 3 is 2.43 bits per heavy atom. The molecule has 0 aliphatic heterocycles. The zero-order chi connectivity index (χ0) is 17.1. The summed E-state index contributed by atoms with van der Waals surface area (Å²) in [4.78, 5) is 35.0. The number of hydrogen-bond donors (Lipinski definition) is 3. The molecule has 0 saturated heterocycles. The van der Waals surface area contributed by atoms with Gasteiger partial charge in [0.15, 0.2) is 0 Å². The van der Waals surface area contributed by atoms with Crippen LogP contribution in [0.5, 0.6) is 0 Å². The molecule has 0 spiro atoms. The second-order valence-electron chi connectivity index (χ2n) is 5.32. The van der Waals surface area contributed by atoms with Crippen LogP contribution < -0.4 is 10.6 Å². The first-order valence-corrected chi connectivity index (χ1v) is 7.90. The smallest absolute Gasteiger partial charge is 0.303 e. The molecule has 0 saturated carbocycles. The predicted molar refractivity (Wildman–Crippen MR) is 87.1 cm³/mol. The molecule has 0 bridgehead atoms. The molecule has 126 valence electrons. The van der Waals surface area contributed by atoms with E-state index >= 15 is 0 Å². The molecule has 0 fully saturated rings. The standard InChI is InChI=1S/C17H24N2O4/c1-2-3-7-12-18-17(23)14(10-11-15(20)21)19-16(22)13-8-5-4-6-9-13/h4-6,8-9,14H,2-3,7,10-12H2,1H3,(H,18,23)(H,19,22)(H,20,21). The first-order chi connectivity index (χ1) is 11.0. The fraction of sp³-hybridized carbons (Fsp3) is 0.471. The summed E-state index contributed by atoms with van der Waals surface area (Å²) < 4.78 is 0. The lowest BCUT2D eigenvalue weighted by Crippen LogP contribution is -2.47. The van der Waals surface area contributed by atoms with Gasteiger partial charge < -0.3 is 15.7 Å². The highest BCUT2D eigenvalue weighted by molar-refractivity contribution is 5.97. The number of unbranched alkanes of at least 4 members (excludes halogenated alkanes) is 2. The van der Waals surface area contributed by atoms with Gasteiger partial charge in [-0.1, -0.05) is 38.0 Å². The molecule has 1 rings (SSSR count). The topological polar surface area (TPSA) is 95.5 Å². The maximum absolute atomic E-state index is 12.2. The van der Waals surface area contributed by atoms with Crippen LogP contribution in [-0.4, -0.2) is 35.5 Å². The third kappa shape index (κ3) is 7.44. The normalized spacial score (nSPS) is 11.5. The summed E-state index contributed by atoms with van der Waals surface area (Å²) in [6, 6.07) is 7.68. The summed E-state index contributed by atoms with van der Waals surface area (Å²) in [6.07, 6.45) is 2.80. The quantitative estimate of drug-likeness (QED) is 0.574. The number of rotatable bonds is 10. The van der Waals surface area contributed by atoms with Gasteiger partial charge in [0.2, 0.25) is 5.91 Å². The van der Waals surface area contributed by atoms with Gasteiger partial charge in [0.1, 0.15) is 6.04 Å². The van der Waals surface area contributed by atoms with Crippen LogP contribution >= 0.6 is 0 Å². The fourth-order valence-corrected chi connectivity index (χ4v) is 2.08. The Kier molecular flexibility index (Phi) is 8.42. The van der Waals surface area contributed by atoms with Crippen molar-refractivity contribution in [3.8, 4) is 0 Å². The lowest BCUT2D eigenvalue weighted by atomic mass is 10.1. The fourth-order valence-electron chi connectivity index (χ4n) is 2.08. The van der Waals surface area contributed by atoms with Crippen LogP contribution in [0.25, 0.3) is 0 Å². The Hall–Kier alpha value is -2.37. The van der Waals surface area contributed by atoms with Crippen molar-refractivity contribution in [3.63, 3.8) is 0 Å². The maximum Gasteiger partial charge on any atom is 0.303 e. The molecule has 0 aromatic heterocycles. The molecule has 1 atom stereocenters. The van der Waals surface area contributed by atoms with E-state index in [9.17, 15) is 14.4 Å². The zero-order valence-electron chi connectivity index (χ0n) is 13.4. The first kappa shape index (κ1) is 18.7. The largest absolute Gasteiger partial charge is 0.481 e. The summed E-state index contributed by atoms with van der Waals surface area (Å²) in [5, 5.41) is 14.2. The highest BCUT2D eigenvalue weighted by atomic mass is 16.4. The molecule has 6 nitrogen and oxygen atoms in total. The van der Waals surface area contributed by atoms with E-state index in [1.807, 2.05) is 0 Å². The minimum absolute atomic E-state index is 0.0630. The van der Waals surface area contributed by atoms with Gasteiger partial charge in [0.05, 0.1) is 0 Å². The number of hydrogen-bond acceptors (Lipinski definition) is 3. The minimum Gasteiger partial charge on any atom is -0.481 e. The molecule has 0 aliphatic rings. The van der Waals surface area contributed by atoms with Crippen LogP contribution in [0.15, 0.2) is 30.3 Å². The van der Waals surface area contributed by atoms with Crippen LogP contribution in [-0.2, 0) is 9.59 Å². The minimum atomic E-state index is -0.997. The van der Waals surface area contributed by atoms with Crippen LogP contribution in [0, 0.1) is 0 Å². The van der Waals surface area contributed by atoms with Crippen LogP contribution in [0.1, 0.15) is 49.4 Å². The molecular formula is C17H24N2O4. The van der Waals surface area contributed by atoms with Crippen LogP contribution in [0.4, 0.5) is 0 Å². The highest BCUT2D eigenvalue weighted by Gasteiger charge is 2.21. The van der Waals surface area contributed by atoms with Gasteiger partial charge in [0, 0.05) is 18.5 Å². The van der Waals surface area contributed by atoms with Crippen molar-refractivity contribution >= 4 is 17.8 Å². The van der Waals surface area contributed by atoms with Gasteiger partial charge in [-0.25, -0.2) is 0 Å². The zero-order valence-corrected chi connectivity index (χ0v) is 13.4. The van der Waals surface area contributed by atoms with E-state index in [2.05, 4.69) is 17.6 Å². The molecule has 0 aliphatic carbocycles. The third-order valence-corrected chi connectivity index (χ3v) is 3.38. The van der Waals surface area contributed by atoms with E-state index in [-0.39, 0.29) is 24.7 Å². The SMILES string of the molecule is CCCCCNC(=O)C(CCC(=O)O)NC(=O)c1ccccc1. The Morgan fingerprint density at radius 1 is 1.13 bits per heavy atom. The summed E-state index contributed by atoms with van der Waals surface area (Å²) in [7, 11) is 0. The molecular weight excluding hydrogens is 296 g/mol. The molecule has 23 heavy (non-hydrogen) atoms. The Labute approximate surface area is 136 Å². The lowest BCUT2D eigenvalue weighted by Gasteiger charge is -2.18.